The Balaban J connectivity index is 1.73. The summed E-state index contributed by atoms with van der Waals surface area (Å²) in [6.07, 6.45) is 6.57. The van der Waals surface area contributed by atoms with Crippen molar-refractivity contribution < 1.29 is 18.0 Å². The molecule has 0 aliphatic heterocycles. The van der Waals surface area contributed by atoms with Crippen LogP contribution < -0.4 is 9.62 Å². The summed E-state index contributed by atoms with van der Waals surface area (Å²) in [7, 11) is -3.80. The molecule has 3 aromatic carbocycles. The van der Waals surface area contributed by atoms with Gasteiger partial charge >= 0.3 is 0 Å². The minimum absolute atomic E-state index is 0.0728. The molecule has 2 amide bonds. The lowest BCUT2D eigenvalue weighted by molar-refractivity contribution is -0.140. The normalized spacial score (nSPS) is 14.7. The highest BCUT2D eigenvalue weighted by molar-refractivity contribution is 7.92. The van der Waals surface area contributed by atoms with Gasteiger partial charge in [-0.25, -0.2) is 8.42 Å². The molecule has 1 aliphatic carbocycles. The van der Waals surface area contributed by atoms with Gasteiger partial charge in [-0.1, -0.05) is 85.5 Å². The molecule has 0 spiro atoms. The van der Waals surface area contributed by atoms with Crippen LogP contribution in [0.25, 0.3) is 0 Å². The molecule has 1 saturated carbocycles. The number of nitrogens with zero attached hydrogens (tertiary/aromatic N) is 2. The number of benzene rings is 3. The van der Waals surface area contributed by atoms with Crippen LogP contribution in [0.2, 0.25) is 0 Å². The third-order valence-corrected chi connectivity index (χ3v) is 9.01. The zero-order valence-electron chi connectivity index (χ0n) is 25.2. The fourth-order valence-electron chi connectivity index (χ4n) is 5.70. The Labute approximate surface area is 251 Å². The smallest absolute Gasteiger partial charge is 0.244 e. The first-order valence-corrected chi connectivity index (χ1v) is 16.6. The van der Waals surface area contributed by atoms with Gasteiger partial charge in [0.25, 0.3) is 0 Å². The van der Waals surface area contributed by atoms with E-state index in [2.05, 4.69) is 5.32 Å². The second kappa shape index (κ2) is 14.0. The lowest BCUT2D eigenvalue weighted by Gasteiger charge is -2.35. The number of sulfonamides is 1. The zero-order valence-corrected chi connectivity index (χ0v) is 26.0. The predicted molar refractivity (Wildman–Crippen MR) is 169 cm³/mol. The van der Waals surface area contributed by atoms with Crippen molar-refractivity contribution in [3.63, 3.8) is 0 Å². The van der Waals surface area contributed by atoms with Gasteiger partial charge < -0.3 is 10.2 Å². The van der Waals surface area contributed by atoms with Crippen LogP contribution in [0, 0.1) is 20.8 Å². The Morgan fingerprint density at radius 2 is 1.45 bits per heavy atom. The van der Waals surface area contributed by atoms with Crippen molar-refractivity contribution >= 4 is 27.5 Å². The summed E-state index contributed by atoms with van der Waals surface area (Å²) in [6.45, 7) is 5.56. The molecule has 0 bridgehead atoms. The Morgan fingerprint density at radius 1 is 0.833 bits per heavy atom. The van der Waals surface area contributed by atoms with Gasteiger partial charge in [-0.05, 0) is 68.0 Å². The third kappa shape index (κ3) is 8.68. The summed E-state index contributed by atoms with van der Waals surface area (Å²) in [6, 6.07) is 22.3. The van der Waals surface area contributed by atoms with Crippen molar-refractivity contribution in [2.24, 2.45) is 0 Å². The highest BCUT2D eigenvalue weighted by Gasteiger charge is 2.34. The van der Waals surface area contributed by atoms with Crippen molar-refractivity contribution in [3.05, 3.63) is 101 Å². The van der Waals surface area contributed by atoms with Gasteiger partial charge in [-0.15, -0.1) is 0 Å². The molecule has 3 aromatic rings. The Kier molecular flexibility index (Phi) is 10.4. The second-order valence-electron chi connectivity index (χ2n) is 11.7. The minimum atomic E-state index is -3.80. The molecule has 8 heteroatoms. The number of carbonyl (C=O) groups is 2. The number of rotatable bonds is 11. The monoisotopic (exact) mass is 589 g/mol. The van der Waals surface area contributed by atoms with E-state index in [0.717, 1.165) is 70.5 Å². The molecule has 0 heterocycles. The molecule has 4 rings (SSSR count). The van der Waals surface area contributed by atoms with E-state index in [1.165, 1.54) is 0 Å². The van der Waals surface area contributed by atoms with Gasteiger partial charge in [-0.2, -0.15) is 0 Å². The number of amides is 2. The van der Waals surface area contributed by atoms with E-state index < -0.39 is 28.5 Å². The Morgan fingerprint density at radius 3 is 2.05 bits per heavy atom. The Bertz CT molecular complexity index is 1450. The van der Waals surface area contributed by atoms with Crippen LogP contribution in [0.4, 0.5) is 5.69 Å². The zero-order chi connectivity index (χ0) is 30.3. The van der Waals surface area contributed by atoms with Gasteiger partial charge in [0.1, 0.15) is 12.6 Å². The van der Waals surface area contributed by atoms with Gasteiger partial charge in [0.15, 0.2) is 0 Å². The largest absolute Gasteiger partial charge is 0.352 e. The van der Waals surface area contributed by atoms with Crippen molar-refractivity contribution in [2.75, 3.05) is 17.1 Å². The average molecular weight is 590 g/mol. The molecule has 1 atom stereocenters. The first kappa shape index (κ1) is 31.3. The van der Waals surface area contributed by atoms with Crippen LogP contribution in [0.3, 0.4) is 0 Å². The summed E-state index contributed by atoms with van der Waals surface area (Å²) >= 11 is 0. The van der Waals surface area contributed by atoms with E-state index in [9.17, 15) is 18.0 Å². The van der Waals surface area contributed by atoms with Crippen molar-refractivity contribution in [3.8, 4) is 0 Å². The van der Waals surface area contributed by atoms with Crippen LogP contribution in [0.5, 0.6) is 0 Å². The summed E-state index contributed by atoms with van der Waals surface area (Å²) in [5, 5.41) is 3.23. The molecule has 1 N–H and O–H groups in total. The summed E-state index contributed by atoms with van der Waals surface area (Å²) in [5.41, 5.74) is 5.12. The van der Waals surface area contributed by atoms with Gasteiger partial charge in [0.2, 0.25) is 21.8 Å². The number of aryl methyl sites for hydroxylation is 3. The van der Waals surface area contributed by atoms with Crippen LogP contribution in [-0.4, -0.2) is 50.0 Å². The second-order valence-corrected chi connectivity index (χ2v) is 13.6. The quantitative estimate of drug-likeness (QED) is 0.322. The number of hydrogen-bond acceptors (Lipinski definition) is 4. The standard InChI is InChI=1S/C34H43N3O4S/c1-25-15-17-29(18-16-25)23-36(33(38)24-37(42(4,40)41)31-20-26(2)19-27(3)21-31)32(22-28-11-7-5-8-12-28)34(39)35-30-13-9-6-10-14-30/h5,7-8,11-12,15-21,30,32H,6,9-10,13-14,22-24H2,1-4H3,(H,35,39)/t32-/m0/s1. The molecule has 0 radical (unpaired) electrons. The van der Waals surface area contributed by atoms with Crippen molar-refractivity contribution in [1.29, 1.82) is 0 Å². The molecule has 1 aliphatic rings. The summed E-state index contributed by atoms with van der Waals surface area (Å²) < 4.78 is 27.2. The summed E-state index contributed by atoms with van der Waals surface area (Å²) in [5.74, 6) is -0.636. The van der Waals surface area contributed by atoms with Crippen LogP contribution in [0.1, 0.15) is 59.9 Å². The number of anilines is 1. The van der Waals surface area contributed by atoms with Crippen molar-refractivity contribution in [2.45, 2.75) is 77.9 Å². The van der Waals surface area contributed by atoms with E-state index in [-0.39, 0.29) is 18.5 Å². The molecule has 224 valence electrons. The highest BCUT2D eigenvalue weighted by Crippen LogP contribution is 2.24. The number of nitrogens with one attached hydrogen (secondary N) is 1. The molecular weight excluding hydrogens is 546 g/mol. The van der Waals surface area contributed by atoms with E-state index in [4.69, 9.17) is 0 Å². The maximum absolute atomic E-state index is 14.3. The molecule has 0 aromatic heterocycles. The van der Waals surface area contributed by atoms with Gasteiger partial charge in [0.05, 0.1) is 11.9 Å². The summed E-state index contributed by atoms with van der Waals surface area (Å²) in [4.78, 5) is 29.9. The SMILES string of the molecule is Cc1ccc(CN(C(=O)CN(c2cc(C)cc(C)c2)S(C)(=O)=O)[C@@H](Cc2ccccc2)C(=O)NC2CCCCC2)cc1. The van der Waals surface area contributed by atoms with Crippen LogP contribution >= 0.6 is 0 Å². The fraction of sp³-hybridized carbons (Fsp3) is 0.412. The third-order valence-electron chi connectivity index (χ3n) is 7.87. The van der Waals surface area contributed by atoms with Gasteiger partial charge in [-0.3, -0.25) is 13.9 Å². The Hall–Kier alpha value is -3.65. The molecular formula is C34H43N3O4S. The topological polar surface area (TPSA) is 86.8 Å². The molecule has 0 unspecified atom stereocenters. The maximum atomic E-state index is 14.3. The van der Waals surface area contributed by atoms with Gasteiger partial charge in [0, 0.05) is 19.0 Å². The maximum Gasteiger partial charge on any atom is 0.244 e. The molecule has 1 fully saturated rings. The fourth-order valence-corrected chi connectivity index (χ4v) is 6.53. The average Bonchev–Trinajstić information content (AvgIpc) is 2.94. The van der Waals surface area contributed by atoms with E-state index in [0.29, 0.717) is 12.1 Å². The first-order valence-electron chi connectivity index (χ1n) is 14.7. The number of carbonyl (C=O) groups excluding carboxylic acids is 2. The lowest BCUT2D eigenvalue weighted by Crippen LogP contribution is -2.55. The molecule has 42 heavy (non-hydrogen) atoms. The molecule has 7 nitrogen and oxygen atoms in total. The van der Waals surface area contributed by atoms with E-state index >= 15 is 0 Å². The van der Waals surface area contributed by atoms with E-state index in [1.807, 2.05) is 81.4 Å². The van der Waals surface area contributed by atoms with Crippen LogP contribution in [-0.2, 0) is 32.6 Å². The highest BCUT2D eigenvalue weighted by atomic mass is 32.2. The number of hydrogen-bond donors (Lipinski definition) is 1. The van der Waals surface area contributed by atoms with E-state index in [1.54, 1.807) is 17.0 Å². The van der Waals surface area contributed by atoms with Crippen LogP contribution in [0.15, 0.2) is 72.8 Å². The molecule has 0 saturated heterocycles. The first-order chi connectivity index (χ1) is 20.0. The predicted octanol–water partition coefficient (Wildman–Crippen LogP) is 5.47. The minimum Gasteiger partial charge on any atom is -0.352 e. The van der Waals surface area contributed by atoms with Crippen molar-refractivity contribution in [1.82, 2.24) is 10.2 Å². The lowest BCUT2D eigenvalue weighted by atomic mass is 9.94.